The third-order valence-corrected chi connectivity index (χ3v) is 6.70. The first-order valence-corrected chi connectivity index (χ1v) is 11.5. The molecule has 0 saturated heterocycles. The number of fused-ring (bicyclic) bond motifs is 1. The molecule has 4 rings (SSSR count). The van der Waals surface area contributed by atoms with Crippen LogP contribution in [0.3, 0.4) is 0 Å². The van der Waals surface area contributed by atoms with E-state index in [1.54, 1.807) is 24.3 Å². The van der Waals surface area contributed by atoms with E-state index in [9.17, 15) is 14.4 Å². The number of carbonyl (C=O) groups is 3. The standard InChI is InChI=1S/C22H19N3O3S2/c1-29-22-24-18(14-8-3-2-4-9-14)19(30-22)23-17(26)12-7-13-25-20(27)15-10-5-6-11-16(15)21(25)28/h2-6,8-11H,7,12-13H2,1H3,(H,23,26). The van der Waals surface area contributed by atoms with Gasteiger partial charge in [0.05, 0.1) is 11.1 Å². The lowest BCUT2D eigenvalue weighted by atomic mass is 10.1. The number of carbonyl (C=O) groups excluding carboxylic acids is 3. The fourth-order valence-electron chi connectivity index (χ4n) is 3.29. The van der Waals surface area contributed by atoms with Crippen molar-refractivity contribution in [3.05, 3.63) is 65.7 Å². The molecule has 0 spiro atoms. The second-order valence-electron chi connectivity index (χ2n) is 6.69. The van der Waals surface area contributed by atoms with Crippen LogP contribution in [-0.2, 0) is 4.79 Å². The van der Waals surface area contributed by atoms with Crippen molar-refractivity contribution in [1.29, 1.82) is 0 Å². The number of rotatable bonds is 7. The monoisotopic (exact) mass is 437 g/mol. The Morgan fingerprint density at radius 2 is 1.67 bits per heavy atom. The maximum absolute atomic E-state index is 12.5. The molecule has 30 heavy (non-hydrogen) atoms. The van der Waals surface area contributed by atoms with Crippen LogP contribution in [0.25, 0.3) is 11.3 Å². The predicted molar refractivity (Wildman–Crippen MR) is 119 cm³/mol. The summed E-state index contributed by atoms with van der Waals surface area (Å²) in [5, 5.41) is 3.65. The van der Waals surface area contributed by atoms with Crippen LogP contribution >= 0.6 is 23.1 Å². The van der Waals surface area contributed by atoms with Gasteiger partial charge in [-0.1, -0.05) is 65.6 Å². The number of amides is 3. The van der Waals surface area contributed by atoms with Crippen molar-refractivity contribution in [2.75, 3.05) is 18.1 Å². The smallest absolute Gasteiger partial charge is 0.261 e. The summed E-state index contributed by atoms with van der Waals surface area (Å²) in [6, 6.07) is 16.5. The third-order valence-electron chi connectivity index (χ3n) is 4.75. The van der Waals surface area contributed by atoms with Crippen molar-refractivity contribution in [1.82, 2.24) is 9.88 Å². The van der Waals surface area contributed by atoms with Gasteiger partial charge in [0.1, 0.15) is 10.7 Å². The van der Waals surface area contributed by atoms with Gasteiger partial charge in [0.15, 0.2) is 4.34 Å². The van der Waals surface area contributed by atoms with Crippen LogP contribution in [0.15, 0.2) is 58.9 Å². The molecule has 0 fully saturated rings. The zero-order valence-electron chi connectivity index (χ0n) is 16.3. The Balaban J connectivity index is 1.38. The van der Waals surface area contributed by atoms with Crippen LogP contribution < -0.4 is 5.32 Å². The molecule has 1 aromatic heterocycles. The van der Waals surface area contributed by atoms with Gasteiger partial charge in [-0.05, 0) is 24.8 Å². The van der Waals surface area contributed by atoms with E-state index in [2.05, 4.69) is 10.3 Å². The summed E-state index contributed by atoms with van der Waals surface area (Å²) in [5.41, 5.74) is 2.54. The summed E-state index contributed by atoms with van der Waals surface area (Å²) in [6.45, 7) is 0.212. The largest absolute Gasteiger partial charge is 0.316 e. The highest BCUT2D eigenvalue weighted by Gasteiger charge is 2.34. The molecule has 0 radical (unpaired) electrons. The van der Waals surface area contributed by atoms with Crippen molar-refractivity contribution >= 4 is 45.8 Å². The van der Waals surface area contributed by atoms with E-state index >= 15 is 0 Å². The highest BCUT2D eigenvalue weighted by molar-refractivity contribution is 8.00. The molecular weight excluding hydrogens is 418 g/mol. The van der Waals surface area contributed by atoms with Gasteiger partial charge >= 0.3 is 0 Å². The molecule has 8 heteroatoms. The zero-order chi connectivity index (χ0) is 21.1. The van der Waals surface area contributed by atoms with Crippen LogP contribution in [0.1, 0.15) is 33.6 Å². The van der Waals surface area contributed by atoms with Gasteiger partial charge in [-0.15, -0.1) is 0 Å². The summed E-state index contributed by atoms with van der Waals surface area (Å²) < 4.78 is 0.871. The van der Waals surface area contributed by atoms with Gasteiger partial charge in [-0.2, -0.15) is 0 Å². The molecule has 3 amide bonds. The fourth-order valence-corrected chi connectivity index (χ4v) is 4.80. The van der Waals surface area contributed by atoms with Gasteiger partial charge in [-0.3, -0.25) is 19.3 Å². The minimum absolute atomic E-state index is 0.167. The van der Waals surface area contributed by atoms with Crippen LogP contribution in [0.5, 0.6) is 0 Å². The van der Waals surface area contributed by atoms with Crippen molar-refractivity contribution < 1.29 is 14.4 Å². The van der Waals surface area contributed by atoms with Gasteiger partial charge < -0.3 is 5.32 Å². The van der Waals surface area contributed by atoms with Gasteiger partial charge in [0, 0.05) is 18.5 Å². The van der Waals surface area contributed by atoms with Crippen molar-refractivity contribution in [2.24, 2.45) is 0 Å². The molecule has 2 heterocycles. The molecule has 2 aromatic carbocycles. The molecule has 1 aliphatic heterocycles. The number of nitrogens with one attached hydrogen (secondary N) is 1. The maximum Gasteiger partial charge on any atom is 0.261 e. The Bertz CT molecular complexity index is 1080. The number of aromatic nitrogens is 1. The second kappa shape index (κ2) is 8.81. The number of anilines is 1. The molecule has 0 unspecified atom stereocenters. The number of thiazole rings is 1. The van der Waals surface area contributed by atoms with Crippen molar-refractivity contribution in [3.8, 4) is 11.3 Å². The fraction of sp³-hybridized carbons (Fsp3) is 0.182. The molecule has 152 valence electrons. The van der Waals surface area contributed by atoms with E-state index in [-0.39, 0.29) is 30.7 Å². The number of nitrogens with zero attached hydrogens (tertiary/aromatic N) is 2. The Kier molecular flexibility index (Phi) is 5.96. The highest BCUT2D eigenvalue weighted by atomic mass is 32.2. The summed E-state index contributed by atoms with van der Waals surface area (Å²) in [5.74, 6) is -0.760. The van der Waals surface area contributed by atoms with Crippen LogP contribution in [0, 0.1) is 0 Å². The highest BCUT2D eigenvalue weighted by Crippen LogP contribution is 2.36. The lowest BCUT2D eigenvalue weighted by molar-refractivity contribution is -0.116. The van der Waals surface area contributed by atoms with E-state index in [0.717, 1.165) is 15.6 Å². The quantitative estimate of drug-likeness (QED) is 0.433. The normalized spacial score (nSPS) is 12.9. The van der Waals surface area contributed by atoms with Gasteiger partial charge in [-0.25, -0.2) is 4.98 Å². The molecule has 6 nitrogen and oxygen atoms in total. The summed E-state index contributed by atoms with van der Waals surface area (Å²) in [4.78, 5) is 43.2. The van der Waals surface area contributed by atoms with E-state index < -0.39 is 0 Å². The molecule has 3 aromatic rings. The molecule has 0 aliphatic carbocycles. The first-order chi connectivity index (χ1) is 14.6. The average Bonchev–Trinajstić information content (AvgIpc) is 3.29. The third kappa shape index (κ3) is 4.01. The number of imide groups is 1. The lowest BCUT2D eigenvalue weighted by Crippen LogP contribution is -2.31. The predicted octanol–water partition coefficient (Wildman–Crippen LogP) is 4.55. The Morgan fingerprint density at radius 3 is 2.30 bits per heavy atom. The molecule has 0 saturated carbocycles. The summed E-state index contributed by atoms with van der Waals surface area (Å²) in [7, 11) is 0. The first-order valence-electron chi connectivity index (χ1n) is 9.44. The SMILES string of the molecule is CSc1nc(-c2ccccc2)c(NC(=O)CCCN2C(=O)c3ccccc3C2=O)s1. The molecule has 1 N–H and O–H groups in total. The number of hydrogen-bond donors (Lipinski definition) is 1. The Morgan fingerprint density at radius 1 is 1.03 bits per heavy atom. The first kappa shape index (κ1) is 20.3. The summed E-state index contributed by atoms with van der Waals surface area (Å²) >= 11 is 2.96. The van der Waals surface area contributed by atoms with E-state index in [4.69, 9.17) is 0 Å². The van der Waals surface area contributed by atoms with E-state index in [0.29, 0.717) is 22.5 Å². The van der Waals surface area contributed by atoms with E-state index in [1.165, 1.54) is 28.0 Å². The van der Waals surface area contributed by atoms with E-state index in [1.807, 2.05) is 36.6 Å². The molecular formula is C22H19N3O3S2. The van der Waals surface area contributed by atoms with Gasteiger partial charge in [0.2, 0.25) is 5.91 Å². The maximum atomic E-state index is 12.5. The van der Waals surface area contributed by atoms with Gasteiger partial charge in [0.25, 0.3) is 11.8 Å². The Labute approximate surface area is 182 Å². The average molecular weight is 438 g/mol. The number of hydrogen-bond acceptors (Lipinski definition) is 6. The van der Waals surface area contributed by atoms with Crippen LogP contribution in [0.4, 0.5) is 5.00 Å². The van der Waals surface area contributed by atoms with Crippen LogP contribution in [0.2, 0.25) is 0 Å². The lowest BCUT2D eigenvalue weighted by Gasteiger charge is -2.13. The second-order valence-corrected chi connectivity index (χ2v) is 8.74. The Hall–Kier alpha value is -2.97. The van der Waals surface area contributed by atoms with Crippen molar-refractivity contribution in [2.45, 2.75) is 17.2 Å². The molecule has 0 bridgehead atoms. The summed E-state index contributed by atoms with van der Waals surface area (Å²) in [6.07, 6.45) is 2.54. The topological polar surface area (TPSA) is 79.4 Å². The molecule has 0 atom stereocenters. The minimum atomic E-state index is -0.297. The minimum Gasteiger partial charge on any atom is -0.316 e. The number of thioether (sulfide) groups is 1. The molecule has 1 aliphatic rings. The zero-order valence-corrected chi connectivity index (χ0v) is 17.9. The van der Waals surface area contributed by atoms with Crippen molar-refractivity contribution in [3.63, 3.8) is 0 Å². The van der Waals surface area contributed by atoms with Crippen LogP contribution in [-0.4, -0.2) is 40.4 Å². The number of benzene rings is 2.